The molecule has 17 heavy (non-hydrogen) atoms. The average Bonchev–Trinajstić information content (AvgIpc) is 2.79. The first kappa shape index (κ1) is 13.9. The van der Waals surface area contributed by atoms with Crippen LogP contribution in [0.15, 0.2) is 36.8 Å². The van der Waals surface area contributed by atoms with E-state index in [-0.39, 0.29) is 0 Å². The molecule has 0 aliphatic rings. The third-order valence-electron chi connectivity index (χ3n) is 2.11. The molecule has 0 aliphatic carbocycles. The normalized spacial score (nSPS) is 9.35. The Balaban J connectivity index is 0.000000686. The number of aromatic nitrogens is 2. The molecule has 2 aromatic rings. The Morgan fingerprint density at radius 3 is 2.82 bits per heavy atom. The minimum absolute atomic E-state index is 0.605. The van der Waals surface area contributed by atoms with Crippen LogP contribution in [0.1, 0.15) is 29.9 Å². The minimum atomic E-state index is 0.605. The number of nitrogens with zero attached hydrogens (tertiary/aromatic N) is 2. The Morgan fingerprint density at radius 2 is 2.18 bits per heavy atom. The number of benzene rings is 1. The average molecular weight is 342 g/mol. The summed E-state index contributed by atoms with van der Waals surface area (Å²) in [5.41, 5.74) is 1.77. The number of hydrogen-bond acceptors (Lipinski definition) is 2. The smallest absolute Gasteiger partial charge is 0.168 e. The van der Waals surface area contributed by atoms with Crippen LogP contribution in [0.5, 0.6) is 0 Å². The van der Waals surface area contributed by atoms with Gasteiger partial charge in [-0.15, -0.1) is 0 Å². The third kappa shape index (κ3) is 3.96. The van der Waals surface area contributed by atoms with Crippen molar-refractivity contribution in [3.8, 4) is 0 Å². The fourth-order valence-corrected chi connectivity index (χ4v) is 2.00. The molecule has 0 amide bonds. The first-order valence-electron chi connectivity index (χ1n) is 5.49. The van der Waals surface area contributed by atoms with Crippen LogP contribution in [-0.4, -0.2) is 15.8 Å². The second-order valence-electron chi connectivity index (χ2n) is 3.19. The molecule has 1 aromatic heterocycles. The number of aldehydes is 1. The molecule has 1 heterocycles. The van der Waals surface area contributed by atoms with Gasteiger partial charge < -0.3 is 4.57 Å². The number of carbonyl (C=O) groups is 1. The van der Waals surface area contributed by atoms with Crippen LogP contribution in [0.3, 0.4) is 0 Å². The molecular formula is C13H15IN2O. The van der Waals surface area contributed by atoms with Crippen LogP contribution in [-0.2, 0) is 6.54 Å². The van der Waals surface area contributed by atoms with Crippen LogP contribution >= 0.6 is 22.6 Å². The van der Waals surface area contributed by atoms with Crippen molar-refractivity contribution in [1.82, 2.24) is 9.55 Å². The standard InChI is InChI=1S/C11H9IN2O.C2H6/c12-10-3-1-2-9(4-10)6-14-8-13-5-11(14)7-15;1-2/h1-5,7-8H,6H2;1-2H3. The highest BCUT2D eigenvalue weighted by Gasteiger charge is 2.01. The Morgan fingerprint density at radius 1 is 1.41 bits per heavy atom. The van der Waals surface area contributed by atoms with E-state index in [1.54, 1.807) is 12.5 Å². The highest BCUT2D eigenvalue weighted by atomic mass is 127. The fraction of sp³-hybridized carbons (Fsp3) is 0.231. The van der Waals surface area contributed by atoms with Crippen molar-refractivity contribution >= 4 is 28.9 Å². The van der Waals surface area contributed by atoms with E-state index in [2.05, 4.69) is 33.6 Å². The summed E-state index contributed by atoms with van der Waals surface area (Å²) in [5.74, 6) is 0. The molecule has 4 heteroatoms. The predicted octanol–water partition coefficient (Wildman–Crippen LogP) is 3.37. The van der Waals surface area contributed by atoms with E-state index in [0.717, 1.165) is 6.29 Å². The largest absolute Gasteiger partial charge is 0.324 e. The molecule has 0 aliphatic heterocycles. The lowest BCUT2D eigenvalue weighted by Crippen LogP contribution is -2.02. The van der Waals surface area contributed by atoms with Gasteiger partial charge in [-0.05, 0) is 40.3 Å². The molecule has 0 bridgehead atoms. The van der Waals surface area contributed by atoms with Crippen molar-refractivity contribution in [3.05, 3.63) is 51.6 Å². The molecule has 90 valence electrons. The Bertz CT molecular complexity index is 480. The van der Waals surface area contributed by atoms with Gasteiger partial charge in [0.25, 0.3) is 0 Å². The number of hydrogen-bond donors (Lipinski definition) is 0. The molecule has 2 rings (SSSR count). The highest BCUT2D eigenvalue weighted by Crippen LogP contribution is 2.10. The van der Waals surface area contributed by atoms with Crippen molar-refractivity contribution in [2.45, 2.75) is 20.4 Å². The van der Waals surface area contributed by atoms with Gasteiger partial charge in [0, 0.05) is 10.1 Å². The molecule has 3 nitrogen and oxygen atoms in total. The summed E-state index contributed by atoms with van der Waals surface area (Å²) in [6.45, 7) is 4.69. The molecule has 0 saturated heterocycles. The molecule has 0 radical (unpaired) electrons. The molecule has 0 atom stereocenters. The number of carbonyl (C=O) groups excluding carboxylic acids is 1. The van der Waals surface area contributed by atoms with Gasteiger partial charge in [-0.25, -0.2) is 4.98 Å². The summed E-state index contributed by atoms with van der Waals surface area (Å²) in [6, 6.07) is 8.18. The quantitative estimate of drug-likeness (QED) is 0.633. The van der Waals surface area contributed by atoms with Gasteiger partial charge >= 0.3 is 0 Å². The van der Waals surface area contributed by atoms with E-state index >= 15 is 0 Å². The molecule has 0 N–H and O–H groups in total. The van der Waals surface area contributed by atoms with Crippen LogP contribution < -0.4 is 0 Å². The Kier molecular flexibility index (Phi) is 5.90. The van der Waals surface area contributed by atoms with Gasteiger partial charge in [0.1, 0.15) is 5.69 Å². The van der Waals surface area contributed by atoms with E-state index in [4.69, 9.17) is 0 Å². The van der Waals surface area contributed by atoms with E-state index in [9.17, 15) is 4.79 Å². The second-order valence-corrected chi connectivity index (χ2v) is 4.44. The summed E-state index contributed by atoms with van der Waals surface area (Å²) >= 11 is 2.27. The van der Waals surface area contributed by atoms with Crippen LogP contribution in [0.4, 0.5) is 0 Å². The van der Waals surface area contributed by atoms with Crippen molar-refractivity contribution in [3.63, 3.8) is 0 Å². The molecule has 0 unspecified atom stereocenters. The van der Waals surface area contributed by atoms with E-state index in [1.165, 1.54) is 9.13 Å². The van der Waals surface area contributed by atoms with E-state index < -0.39 is 0 Å². The molecule has 0 fully saturated rings. The van der Waals surface area contributed by atoms with Crippen molar-refractivity contribution < 1.29 is 4.79 Å². The zero-order valence-electron chi connectivity index (χ0n) is 9.93. The van der Waals surface area contributed by atoms with E-state index in [0.29, 0.717) is 12.2 Å². The first-order valence-corrected chi connectivity index (χ1v) is 6.57. The zero-order chi connectivity index (χ0) is 12.7. The van der Waals surface area contributed by atoms with Crippen molar-refractivity contribution in [1.29, 1.82) is 0 Å². The van der Waals surface area contributed by atoms with Crippen molar-refractivity contribution in [2.75, 3.05) is 0 Å². The molecular weight excluding hydrogens is 327 g/mol. The lowest BCUT2D eigenvalue weighted by Gasteiger charge is -2.04. The number of halogens is 1. The third-order valence-corrected chi connectivity index (χ3v) is 2.78. The fourth-order valence-electron chi connectivity index (χ4n) is 1.39. The predicted molar refractivity (Wildman–Crippen MR) is 77.2 cm³/mol. The summed E-state index contributed by atoms with van der Waals surface area (Å²) in [5, 5.41) is 0. The SMILES string of the molecule is CC.O=Cc1cncn1Cc1cccc(I)c1. The van der Waals surface area contributed by atoms with Crippen molar-refractivity contribution in [2.24, 2.45) is 0 Å². The van der Waals surface area contributed by atoms with Gasteiger partial charge in [-0.3, -0.25) is 4.79 Å². The minimum Gasteiger partial charge on any atom is -0.324 e. The van der Waals surface area contributed by atoms with Gasteiger partial charge in [0.05, 0.1) is 12.5 Å². The second kappa shape index (κ2) is 7.21. The Hall–Kier alpha value is -1.17. The summed E-state index contributed by atoms with van der Waals surface area (Å²) in [7, 11) is 0. The lowest BCUT2D eigenvalue weighted by atomic mass is 10.2. The molecule has 0 spiro atoms. The zero-order valence-corrected chi connectivity index (χ0v) is 12.1. The maximum absolute atomic E-state index is 10.7. The van der Waals surface area contributed by atoms with Crippen LogP contribution in [0.2, 0.25) is 0 Å². The van der Waals surface area contributed by atoms with Gasteiger partial charge in [-0.1, -0.05) is 26.0 Å². The van der Waals surface area contributed by atoms with Gasteiger partial charge in [0.2, 0.25) is 0 Å². The molecule has 1 aromatic carbocycles. The Labute approximate surface area is 115 Å². The topological polar surface area (TPSA) is 34.9 Å². The van der Waals surface area contributed by atoms with Crippen LogP contribution in [0, 0.1) is 3.57 Å². The van der Waals surface area contributed by atoms with Gasteiger partial charge in [0.15, 0.2) is 6.29 Å². The monoisotopic (exact) mass is 342 g/mol. The summed E-state index contributed by atoms with van der Waals surface area (Å²) in [4.78, 5) is 14.6. The molecule has 0 saturated carbocycles. The first-order chi connectivity index (χ1) is 8.29. The summed E-state index contributed by atoms with van der Waals surface area (Å²) in [6.07, 6.45) is 4.06. The maximum Gasteiger partial charge on any atom is 0.168 e. The van der Waals surface area contributed by atoms with E-state index in [1.807, 2.05) is 36.6 Å². The van der Waals surface area contributed by atoms with Gasteiger partial charge in [-0.2, -0.15) is 0 Å². The summed E-state index contributed by atoms with van der Waals surface area (Å²) < 4.78 is 3.02. The maximum atomic E-state index is 10.7. The van der Waals surface area contributed by atoms with Crippen LogP contribution in [0.25, 0.3) is 0 Å². The number of imidazole rings is 1. The number of rotatable bonds is 3. The lowest BCUT2D eigenvalue weighted by molar-refractivity contribution is 0.111. The highest BCUT2D eigenvalue weighted by molar-refractivity contribution is 14.1.